The standard InChI is InChI=1S/C21H30N4O3/c1-4-25(14-16(2)13-22)20(26)15-24-11-9-17(10-12-24)21(27)23-18-7-5-6-8-19(18)28-3/h5-8,16-17H,4,9-12,14-15H2,1-3H3,(H,23,27). The topological polar surface area (TPSA) is 85.7 Å². The van der Waals surface area contributed by atoms with E-state index >= 15 is 0 Å². The molecule has 1 aromatic carbocycles. The Labute approximate surface area is 167 Å². The molecular weight excluding hydrogens is 356 g/mol. The first-order valence-corrected chi connectivity index (χ1v) is 9.82. The van der Waals surface area contributed by atoms with E-state index < -0.39 is 0 Å². The molecule has 1 fully saturated rings. The Morgan fingerprint density at radius 3 is 2.64 bits per heavy atom. The van der Waals surface area contributed by atoms with Crippen LogP contribution < -0.4 is 10.1 Å². The number of piperidine rings is 1. The molecule has 1 aromatic rings. The number of nitrogens with one attached hydrogen (secondary N) is 1. The van der Waals surface area contributed by atoms with Crippen LogP contribution in [0.4, 0.5) is 5.69 Å². The van der Waals surface area contributed by atoms with Gasteiger partial charge in [-0.25, -0.2) is 0 Å². The number of methoxy groups -OCH3 is 1. The maximum atomic E-state index is 12.6. The summed E-state index contributed by atoms with van der Waals surface area (Å²) in [6.07, 6.45) is 1.43. The molecule has 1 aliphatic heterocycles. The van der Waals surface area contributed by atoms with Crippen LogP contribution in [-0.2, 0) is 9.59 Å². The smallest absolute Gasteiger partial charge is 0.236 e. The fourth-order valence-electron chi connectivity index (χ4n) is 3.41. The Morgan fingerprint density at radius 1 is 1.36 bits per heavy atom. The van der Waals surface area contributed by atoms with E-state index in [0.29, 0.717) is 44.2 Å². The first-order chi connectivity index (χ1) is 13.5. The van der Waals surface area contributed by atoms with E-state index in [4.69, 9.17) is 10.00 Å². The third-order valence-electron chi connectivity index (χ3n) is 5.13. The molecule has 7 heteroatoms. The molecule has 1 aliphatic rings. The highest BCUT2D eigenvalue weighted by Crippen LogP contribution is 2.25. The first kappa shape index (κ1) is 21.7. The number of benzene rings is 1. The number of hydrogen-bond acceptors (Lipinski definition) is 5. The second-order valence-electron chi connectivity index (χ2n) is 7.20. The summed E-state index contributed by atoms with van der Waals surface area (Å²) in [5.41, 5.74) is 0.679. The van der Waals surface area contributed by atoms with Crippen LogP contribution in [0, 0.1) is 23.2 Å². The van der Waals surface area contributed by atoms with Gasteiger partial charge < -0.3 is 15.0 Å². The van der Waals surface area contributed by atoms with Crippen LogP contribution in [-0.4, -0.2) is 61.4 Å². The Hall–Kier alpha value is -2.59. The molecule has 0 radical (unpaired) electrons. The summed E-state index contributed by atoms with van der Waals surface area (Å²) in [5, 5.41) is 11.9. The minimum atomic E-state index is -0.173. The van der Waals surface area contributed by atoms with Gasteiger partial charge in [0.05, 0.1) is 31.3 Å². The van der Waals surface area contributed by atoms with Crippen LogP contribution in [0.5, 0.6) is 5.75 Å². The monoisotopic (exact) mass is 386 g/mol. The molecule has 2 rings (SSSR count). The number of rotatable bonds is 8. The van der Waals surface area contributed by atoms with Gasteiger partial charge in [-0.05, 0) is 51.9 Å². The lowest BCUT2D eigenvalue weighted by atomic mass is 9.95. The molecule has 1 heterocycles. The predicted octanol–water partition coefficient (Wildman–Crippen LogP) is 2.35. The molecule has 28 heavy (non-hydrogen) atoms. The highest BCUT2D eigenvalue weighted by Gasteiger charge is 2.27. The Morgan fingerprint density at radius 2 is 2.04 bits per heavy atom. The van der Waals surface area contributed by atoms with Crippen molar-refractivity contribution >= 4 is 17.5 Å². The highest BCUT2D eigenvalue weighted by molar-refractivity contribution is 5.94. The van der Waals surface area contributed by atoms with Crippen molar-refractivity contribution in [3.8, 4) is 11.8 Å². The molecule has 152 valence electrons. The minimum absolute atomic E-state index is 0.00601. The molecule has 1 N–H and O–H groups in total. The Bertz CT molecular complexity index is 708. The fraction of sp³-hybridized carbons (Fsp3) is 0.571. The maximum Gasteiger partial charge on any atom is 0.236 e. The number of carbonyl (C=O) groups excluding carboxylic acids is 2. The molecule has 1 unspecified atom stereocenters. The van der Waals surface area contributed by atoms with Crippen molar-refractivity contribution < 1.29 is 14.3 Å². The zero-order valence-corrected chi connectivity index (χ0v) is 17.0. The summed E-state index contributed by atoms with van der Waals surface area (Å²) in [7, 11) is 1.58. The summed E-state index contributed by atoms with van der Waals surface area (Å²) in [6.45, 7) is 6.57. The summed E-state index contributed by atoms with van der Waals surface area (Å²) in [5.74, 6) is 0.436. The highest BCUT2D eigenvalue weighted by atomic mass is 16.5. The third kappa shape index (κ3) is 5.96. The maximum absolute atomic E-state index is 12.6. The van der Waals surface area contributed by atoms with Gasteiger partial charge in [-0.15, -0.1) is 0 Å². The van der Waals surface area contributed by atoms with Crippen LogP contribution in [0.25, 0.3) is 0 Å². The van der Waals surface area contributed by atoms with Gasteiger partial charge in [-0.2, -0.15) is 5.26 Å². The molecule has 0 bridgehead atoms. The van der Waals surface area contributed by atoms with E-state index in [1.807, 2.05) is 38.1 Å². The lowest BCUT2D eigenvalue weighted by Crippen LogP contribution is -2.45. The van der Waals surface area contributed by atoms with E-state index in [-0.39, 0.29) is 23.7 Å². The van der Waals surface area contributed by atoms with E-state index in [1.165, 1.54) is 0 Å². The number of likely N-dealkylation sites (N-methyl/N-ethyl adjacent to an activating group) is 1. The molecule has 1 saturated heterocycles. The number of nitriles is 1. The van der Waals surface area contributed by atoms with Crippen molar-refractivity contribution in [1.29, 1.82) is 5.26 Å². The Kier molecular flexibility index (Phi) is 8.27. The van der Waals surface area contributed by atoms with E-state index in [9.17, 15) is 9.59 Å². The summed E-state index contributed by atoms with van der Waals surface area (Å²) >= 11 is 0. The number of likely N-dealkylation sites (tertiary alicyclic amines) is 1. The lowest BCUT2D eigenvalue weighted by molar-refractivity contribution is -0.133. The van der Waals surface area contributed by atoms with Crippen molar-refractivity contribution in [2.75, 3.05) is 45.2 Å². The molecular formula is C21H30N4O3. The molecule has 0 aromatic heterocycles. The van der Waals surface area contributed by atoms with Crippen LogP contribution in [0.1, 0.15) is 26.7 Å². The van der Waals surface area contributed by atoms with Crippen molar-refractivity contribution in [1.82, 2.24) is 9.80 Å². The largest absolute Gasteiger partial charge is 0.495 e. The van der Waals surface area contributed by atoms with Gasteiger partial charge in [0.15, 0.2) is 0 Å². The van der Waals surface area contributed by atoms with Gasteiger partial charge in [0.25, 0.3) is 0 Å². The quantitative estimate of drug-likeness (QED) is 0.741. The SMILES string of the molecule is CCN(CC(C)C#N)C(=O)CN1CCC(C(=O)Nc2ccccc2OC)CC1. The number of para-hydroxylation sites is 2. The minimum Gasteiger partial charge on any atom is -0.495 e. The van der Waals surface area contributed by atoms with Crippen LogP contribution in [0.3, 0.4) is 0 Å². The van der Waals surface area contributed by atoms with Gasteiger partial charge in [-0.1, -0.05) is 12.1 Å². The van der Waals surface area contributed by atoms with Crippen molar-refractivity contribution in [2.45, 2.75) is 26.7 Å². The van der Waals surface area contributed by atoms with Gasteiger partial charge >= 0.3 is 0 Å². The number of ether oxygens (including phenoxy) is 1. The molecule has 0 aliphatic carbocycles. The summed E-state index contributed by atoms with van der Waals surface area (Å²) in [4.78, 5) is 28.9. The average Bonchev–Trinajstić information content (AvgIpc) is 2.72. The summed E-state index contributed by atoms with van der Waals surface area (Å²) in [6, 6.07) is 9.54. The zero-order valence-electron chi connectivity index (χ0n) is 17.0. The van der Waals surface area contributed by atoms with E-state index in [1.54, 1.807) is 12.0 Å². The van der Waals surface area contributed by atoms with E-state index in [0.717, 1.165) is 12.8 Å². The molecule has 2 amide bonds. The number of carbonyl (C=O) groups is 2. The molecule has 1 atom stereocenters. The van der Waals surface area contributed by atoms with Crippen molar-refractivity contribution in [3.05, 3.63) is 24.3 Å². The first-order valence-electron chi connectivity index (χ1n) is 9.82. The summed E-state index contributed by atoms with van der Waals surface area (Å²) < 4.78 is 5.28. The molecule has 0 saturated carbocycles. The van der Waals surface area contributed by atoms with Gasteiger partial charge in [-0.3, -0.25) is 14.5 Å². The van der Waals surface area contributed by atoms with E-state index in [2.05, 4.69) is 16.3 Å². The van der Waals surface area contributed by atoms with Crippen LogP contribution in [0.15, 0.2) is 24.3 Å². The van der Waals surface area contributed by atoms with Crippen LogP contribution >= 0.6 is 0 Å². The number of hydrogen-bond donors (Lipinski definition) is 1. The second-order valence-corrected chi connectivity index (χ2v) is 7.20. The lowest BCUT2D eigenvalue weighted by Gasteiger charge is -2.32. The van der Waals surface area contributed by atoms with Crippen LogP contribution in [0.2, 0.25) is 0 Å². The zero-order chi connectivity index (χ0) is 20.5. The van der Waals surface area contributed by atoms with Crippen molar-refractivity contribution in [2.24, 2.45) is 11.8 Å². The predicted molar refractivity (Wildman–Crippen MR) is 108 cm³/mol. The number of anilines is 1. The number of nitrogens with zero attached hydrogens (tertiary/aromatic N) is 3. The molecule has 7 nitrogen and oxygen atoms in total. The fourth-order valence-corrected chi connectivity index (χ4v) is 3.41. The third-order valence-corrected chi connectivity index (χ3v) is 5.13. The second kappa shape index (κ2) is 10.7. The van der Waals surface area contributed by atoms with Gasteiger partial charge in [0.1, 0.15) is 5.75 Å². The van der Waals surface area contributed by atoms with Gasteiger partial charge in [0.2, 0.25) is 11.8 Å². The molecule has 0 spiro atoms. The number of amides is 2. The normalized spacial score (nSPS) is 16.1. The van der Waals surface area contributed by atoms with Crippen molar-refractivity contribution in [3.63, 3.8) is 0 Å². The Balaban J connectivity index is 1.82. The van der Waals surface area contributed by atoms with Gasteiger partial charge in [0, 0.05) is 19.0 Å². The average molecular weight is 386 g/mol.